The Balaban J connectivity index is 1.20. The molecule has 2 aromatic carbocycles. The molecule has 0 N–H and O–H groups in total. The summed E-state index contributed by atoms with van der Waals surface area (Å²) in [6.45, 7) is 4.83. The zero-order chi connectivity index (χ0) is 27.5. The molecule has 8 heteroatoms. The van der Waals surface area contributed by atoms with Crippen molar-refractivity contribution in [2.24, 2.45) is 5.92 Å². The highest BCUT2D eigenvalue weighted by atomic mass is 19.1. The number of carbonyl (C=O) groups excluding carboxylic acids is 2. The molecule has 3 atom stereocenters. The minimum atomic E-state index is -0.388. The Morgan fingerprint density at radius 2 is 1.93 bits per heavy atom. The first-order valence-electron chi connectivity index (χ1n) is 14.2. The van der Waals surface area contributed by atoms with Crippen LogP contribution in [0.5, 0.6) is 0 Å². The van der Waals surface area contributed by atoms with Gasteiger partial charge in [-0.25, -0.2) is 14.4 Å². The molecule has 0 saturated heterocycles. The monoisotopic (exact) mass is 538 g/mol. The molecule has 7 rings (SSSR count). The Morgan fingerprint density at radius 3 is 2.70 bits per heavy atom. The molecule has 204 valence electrons. The molecule has 0 radical (unpaired) electrons. The first-order valence-corrected chi connectivity index (χ1v) is 14.2. The second kappa shape index (κ2) is 9.54. The van der Waals surface area contributed by atoms with Crippen LogP contribution >= 0.6 is 0 Å². The summed E-state index contributed by atoms with van der Waals surface area (Å²) in [6, 6.07) is 15.2. The molecule has 1 unspecified atom stereocenters. The summed E-state index contributed by atoms with van der Waals surface area (Å²) < 4.78 is 22.4. The van der Waals surface area contributed by atoms with Crippen LogP contribution in [-0.2, 0) is 16.0 Å². The molecule has 2 saturated carbocycles. The first kappa shape index (κ1) is 24.9. The van der Waals surface area contributed by atoms with Crippen LogP contribution in [0, 0.1) is 11.7 Å². The van der Waals surface area contributed by atoms with Gasteiger partial charge < -0.3 is 9.64 Å². The zero-order valence-corrected chi connectivity index (χ0v) is 22.6. The summed E-state index contributed by atoms with van der Waals surface area (Å²) in [4.78, 5) is 37.0. The van der Waals surface area contributed by atoms with Gasteiger partial charge in [-0.1, -0.05) is 30.3 Å². The summed E-state index contributed by atoms with van der Waals surface area (Å²) in [7, 11) is 0. The number of imidazole rings is 1. The van der Waals surface area contributed by atoms with Crippen molar-refractivity contribution in [3.63, 3.8) is 0 Å². The highest BCUT2D eigenvalue weighted by molar-refractivity contribution is 5.93. The third-order valence-electron chi connectivity index (χ3n) is 8.62. The fourth-order valence-electron chi connectivity index (χ4n) is 6.16. The lowest BCUT2D eigenvalue weighted by molar-refractivity contribution is -0.144. The van der Waals surface area contributed by atoms with Crippen LogP contribution in [-0.4, -0.2) is 44.3 Å². The van der Waals surface area contributed by atoms with Gasteiger partial charge in [0, 0.05) is 24.0 Å². The highest BCUT2D eigenvalue weighted by Gasteiger charge is 2.45. The Morgan fingerprint density at radius 1 is 1.10 bits per heavy atom. The number of hydrogen-bond donors (Lipinski definition) is 0. The third-order valence-corrected chi connectivity index (χ3v) is 8.62. The maximum atomic E-state index is 15.4. The quantitative estimate of drug-likeness (QED) is 0.288. The minimum Gasteiger partial charge on any atom is -0.466 e. The number of nitrogens with zero attached hydrogens (tertiary/aromatic N) is 4. The normalized spacial score (nSPS) is 21.8. The minimum absolute atomic E-state index is 0.00970. The molecule has 2 aliphatic carbocycles. The lowest BCUT2D eigenvalue weighted by Gasteiger charge is -2.35. The number of hydrogen-bond acceptors (Lipinski definition) is 5. The van der Waals surface area contributed by atoms with E-state index in [2.05, 4.69) is 29.0 Å². The molecule has 0 bridgehead atoms. The number of ether oxygens (including phenoxy) is 1. The van der Waals surface area contributed by atoms with E-state index in [1.807, 2.05) is 39.8 Å². The molecule has 3 heterocycles. The Hall–Kier alpha value is -4.07. The van der Waals surface area contributed by atoms with E-state index in [4.69, 9.17) is 4.74 Å². The number of amides is 1. The third kappa shape index (κ3) is 4.26. The summed E-state index contributed by atoms with van der Waals surface area (Å²) in [6.07, 6.45) is 5.40. The molecule has 0 spiro atoms. The number of benzene rings is 2. The SMILES string of the molecule is CCOC(=O)[C@@H]1CC1c1ccc(-c2cn3c(C4CC4)cc(C(=O)N4CCc5ccccc5[C@H]4C)nc3n2)c(F)c1. The van der Waals surface area contributed by atoms with Crippen molar-refractivity contribution >= 4 is 17.7 Å². The summed E-state index contributed by atoms with van der Waals surface area (Å²) >= 11 is 0. The fraction of sp³-hybridized carbons (Fsp3) is 0.375. The lowest BCUT2D eigenvalue weighted by atomic mass is 9.93. The van der Waals surface area contributed by atoms with Gasteiger partial charge in [0.2, 0.25) is 5.78 Å². The molecular weight excluding hydrogens is 507 g/mol. The number of carbonyl (C=O) groups is 2. The molecule has 7 nitrogen and oxygen atoms in total. The van der Waals surface area contributed by atoms with E-state index in [-0.39, 0.29) is 35.6 Å². The topological polar surface area (TPSA) is 76.8 Å². The van der Waals surface area contributed by atoms with E-state index in [0.29, 0.717) is 48.2 Å². The van der Waals surface area contributed by atoms with Gasteiger partial charge >= 0.3 is 5.97 Å². The van der Waals surface area contributed by atoms with Crippen molar-refractivity contribution in [1.82, 2.24) is 19.3 Å². The van der Waals surface area contributed by atoms with Crippen molar-refractivity contribution < 1.29 is 18.7 Å². The van der Waals surface area contributed by atoms with Gasteiger partial charge in [0.05, 0.1) is 24.3 Å². The van der Waals surface area contributed by atoms with Crippen molar-refractivity contribution in [1.29, 1.82) is 0 Å². The fourth-order valence-corrected chi connectivity index (χ4v) is 6.16. The number of esters is 1. The molecule has 1 aliphatic heterocycles. The molecule has 4 aromatic rings. The number of halogens is 1. The van der Waals surface area contributed by atoms with E-state index >= 15 is 4.39 Å². The first-order chi connectivity index (χ1) is 19.4. The van der Waals surface area contributed by atoms with Crippen LogP contribution in [0.2, 0.25) is 0 Å². The van der Waals surface area contributed by atoms with Crippen molar-refractivity contribution in [2.45, 2.75) is 57.4 Å². The molecule has 1 amide bonds. The van der Waals surface area contributed by atoms with Crippen molar-refractivity contribution in [3.8, 4) is 11.3 Å². The number of fused-ring (bicyclic) bond motifs is 2. The number of aromatic nitrogens is 3. The van der Waals surface area contributed by atoms with Gasteiger partial charge in [-0.2, -0.15) is 0 Å². The second-order valence-corrected chi connectivity index (χ2v) is 11.2. The molecule has 40 heavy (non-hydrogen) atoms. The van der Waals surface area contributed by atoms with E-state index in [0.717, 1.165) is 30.5 Å². The van der Waals surface area contributed by atoms with Crippen LogP contribution in [0.25, 0.3) is 17.0 Å². The van der Waals surface area contributed by atoms with E-state index < -0.39 is 0 Å². The van der Waals surface area contributed by atoms with Crippen LogP contribution < -0.4 is 0 Å². The molecule has 3 aliphatic rings. The highest BCUT2D eigenvalue weighted by Crippen LogP contribution is 2.49. The Bertz CT molecular complexity index is 1660. The predicted molar refractivity (Wildman–Crippen MR) is 147 cm³/mol. The molecular formula is C32H31FN4O3. The van der Waals surface area contributed by atoms with Crippen molar-refractivity contribution in [3.05, 3.63) is 88.6 Å². The summed E-state index contributed by atoms with van der Waals surface area (Å²) in [5, 5.41) is 0. The Kier molecular flexibility index (Phi) is 5.95. The zero-order valence-electron chi connectivity index (χ0n) is 22.6. The second-order valence-electron chi connectivity index (χ2n) is 11.2. The van der Waals surface area contributed by atoms with Crippen LogP contribution in [0.1, 0.15) is 83.9 Å². The Labute approximate surface area is 232 Å². The van der Waals surface area contributed by atoms with Gasteiger partial charge in [-0.15, -0.1) is 0 Å². The van der Waals surface area contributed by atoms with E-state index in [1.165, 1.54) is 17.2 Å². The van der Waals surface area contributed by atoms with E-state index in [9.17, 15) is 9.59 Å². The van der Waals surface area contributed by atoms with Gasteiger partial charge in [0.1, 0.15) is 11.5 Å². The average molecular weight is 539 g/mol. The maximum Gasteiger partial charge on any atom is 0.309 e. The molecule has 2 fully saturated rings. The number of rotatable bonds is 6. The lowest BCUT2D eigenvalue weighted by Crippen LogP contribution is -2.39. The van der Waals surface area contributed by atoms with E-state index in [1.54, 1.807) is 13.0 Å². The van der Waals surface area contributed by atoms with Crippen LogP contribution in [0.15, 0.2) is 54.7 Å². The van der Waals surface area contributed by atoms with Crippen LogP contribution in [0.4, 0.5) is 4.39 Å². The van der Waals surface area contributed by atoms with Gasteiger partial charge in [-0.05, 0) is 86.3 Å². The summed E-state index contributed by atoms with van der Waals surface area (Å²) in [5.74, 6) is -0.180. The molecule has 2 aromatic heterocycles. The maximum absolute atomic E-state index is 15.4. The van der Waals surface area contributed by atoms with Crippen LogP contribution in [0.3, 0.4) is 0 Å². The summed E-state index contributed by atoms with van der Waals surface area (Å²) in [5.41, 5.74) is 5.47. The largest absolute Gasteiger partial charge is 0.466 e. The predicted octanol–water partition coefficient (Wildman–Crippen LogP) is 5.84. The van der Waals surface area contributed by atoms with Crippen molar-refractivity contribution in [2.75, 3.05) is 13.2 Å². The van der Waals surface area contributed by atoms with Gasteiger partial charge in [-0.3, -0.25) is 14.0 Å². The standard InChI is InChI=1S/C32H31FN4O3/c1-3-40-31(39)25-15-24(25)21-10-11-23(26(33)14-21)28-17-37-29(20-8-9-20)16-27(34-32(37)35-28)30(38)36-13-12-19-6-4-5-7-22(19)18(36)2/h4-7,10-11,14,16-18,20,24-25H,3,8-9,12-13,15H2,1-2H3/t18-,24?,25-/m1/s1. The van der Waals surface area contributed by atoms with Gasteiger partial charge in [0.25, 0.3) is 5.91 Å². The average Bonchev–Trinajstić information content (AvgIpc) is 3.89. The smallest absolute Gasteiger partial charge is 0.309 e. The van der Waals surface area contributed by atoms with Gasteiger partial charge in [0.15, 0.2) is 0 Å².